The van der Waals surface area contributed by atoms with Crippen molar-refractivity contribution in [1.29, 1.82) is 5.26 Å². The van der Waals surface area contributed by atoms with Crippen LogP contribution in [0.25, 0.3) is 5.52 Å². The van der Waals surface area contributed by atoms with Crippen molar-refractivity contribution < 1.29 is 23.8 Å². The van der Waals surface area contributed by atoms with Crippen LogP contribution in [-0.2, 0) is 30.5 Å². The van der Waals surface area contributed by atoms with Gasteiger partial charge in [-0.15, -0.1) is 0 Å². The summed E-state index contributed by atoms with van der Waals surface area (Å²) in [6.45, 7) is 11.7. The van der Waals surface area contributed by atoms with Crippen LogP contribution in [-0.4, -0.2) is 55.2 Å². The minimum atomic E-state index is -1.39. The number of aliphatic hydroxyl groups is 1. The predicted octanol–water partition coefficient (Wildman–Crippen LogP) is 4.39. The summed E-state index contributed by atoms with van der Waals surface area (Å²) >= 11 is 7.15. The Bertz CT molecular complexity index is 1220. The van der Waals surface area contributed by atoms with E-state index in [0.29, 0.717) is 29.4 Å². The number of aliphatic hydroxyl groups excluding tert-OH is 1. The van der Waals surface area contributed by atoms with Crippen LogP contribution in [0.1, 0.15) is 58.8 Å². The van der Waals surface area contributed by atoms with Crippen LogP contribution in [0, 0.1) is 17.4 Å². The molecule has 0 radical (unpaired) electrons. The number of nitrogens with two attached hydrogens (primary N) is 1. The Labute approximate surface area is 226 Å². The fraction of sp³-hybridized carbons (Fsp3) is 0.625. The molecule has 3 N–H and O–H groups in total. The first kappa shape index (κ1) is 28.2. The molecule has 1 saturated heterocycles. The Kier molecular flexibility index (Phi) is 8.46. The van der Waals surface area contributed by atoms with Crippen molar-refractivity contribution in [3.8, 4) is 6.26 Å². The molecule has 3 heterocycles. The van der Waals surface area contributed by atoms with Gasteiger partial charge in [-0.1, -0.05) is 12.2 Å². The maximum absolute atomic E-state index is 10.9. The zero-order chi connectivity index (χ0) is 27.0. The molecule has 0 spiro atoms. The van der Waals surface area contributed by atoms with Gasteiger partial charge in [-0.3, -0.25) is 0 Å². The smallest absolute Gasteiger partial charge is 0.415 e. The second kappa shape index (κ2) is 11.1. The van der Waals surface area contributed by atoms with Gasteiger partial charge < -0.3 is 25.1 Å². The van der Waals surface area contributed by atoms with Crippen LogP contribution in [0.3, 0.4) is 0 Å². The summed E-state index contributed by atoms with van der Waals surface area (Å²) in [6.07, 6.45) is 1.59. The van der Waals surface area contributed by atoms with E-state index in [0.717, 1.165) is 18.4 Å². The van der Waals surface area contributed by atoms with E-state index in [-0.39, 0.29) is 6.61 Å². The highest BCUT2D eigenvalue weighted by atomic mass is 32.9. The van der Waals surface area contributed by atoms with E-state index in [2.05, 4.69) is 16.7 Å². The standard InChI is InChI=1S/C24H33N5O5PS2/c1-14(2)15-8-9-24(5,19(30)10-15)37-35(36)32-11-18(31-12-25)21-20(33-23(3,4)34-21)16-6-7-17-22(26)27-13-28-29(16)17/h6-7,13,15,18-21,30H,1,8-11H2,2-5H3,(H2,26,27,28)/q+1/t15-,18+,19+,20-,21+,24+/m0/s1. The molecule has 0 bridgehead atoms. The van der Waals surface area contributed by atoms with Crippen LogP contribution in [0.4, 0.5) is 5.82 Å². The molecule has 10 nitrogen and oxygen atoms in total. The van der Waals surface area contributed by atoms with Gasteiger partial charge in [0.2, 0.25) is 11.8 Å². The maximum atomic E-state index is 10.9. The molecule has 1 saturated carbocycles. The number of allylic oxidation sites excluding steroid dienone is 1. The fourth-order valence-corrected chi connectivity index (χ4v) is 9.70. The van der Waals surface area contributed by atoms with Crippen LogP contribution in [0.5, 0.6) is 0 Å². The first-order valence-electron chi connectivity index (χ1n) is 12.1. The molecule has 2 fully saturated rings. The molecule has 1 aliphatic heterocycles. The van der Waals surface area contributed by atoms with Gasteiger partial charge in [0, 0.05) is 0 Å². The third kappa shape index (κ3) is 6.09. The highest BCUT2D eigenvalue weighted by Crippen LogP contribution is 2.55. The summed E-state index contributed by atoms with van der Waals surface area (Å²) in [7, 11) is 0. The Balaban J connectivity index is 1.47. The Morgan fingerprint density at radius 3 is 2.89 bits per heavy atom. The van der Waals surface area contributed by atoms with E-state index >= 15 is 0 Å². The zero-order valence-electron chi connectivity index (χ0n) is 21.4. The Hall–Kier alpha value is -1.84. The van der Waals surface area contributed by atoms with E-state index in [1.165, 1.54) is 17.7 Å². The molecule has 2 aliphatic rings. The van der Waals surface area contributed by atoms with E-state index < -0.39 is 41.1 Å². The molecule has 1 unspecified atom stereocenters. The number of fused-ring (bicyclic) bond motifs is 1. The summed E-state index contributed by atoms with van der Waals surface area (Å²) in [5.41, 5.74) is 8.42. The zero-order valence-corrected chi connectivity index (χ0v) is 23.9. The number of rotatable bonds is 9. The molecule has 200 valence electrons. The van der Waals surface area contributed by atoms with Crippen molar-refractivity contribution in [3.05, 3.63) is 36.3 Å². The topological polar surface area (TPSA) is 137 Å². The van der Waals surface area contributed by atoms with Crippen molar-refractivity contribution in [1.82, 2.24) is 14.6 Å². The average Bonchev–Trinajstić information content (AvgIpc) is 3.39. The molecule has 0 aromatic carbocycles. The number of hydrogen-bond acceptors (Lipinski definition) is 11. The lowest BCUT2D eigenvalue weighted by Gasteiger charge is -2.38. The second-order valence-electron chi connectivity index (χ2n) is 10.2. The van der Waals surface area contributed by atoms with Crippen LogP contribution >= 0.6 is 17.5 Å². The first-order valence-corrected chi connectivity index (χ1v) is 15.7. The Morgan fingerprint density at radius 1 is 1.46 bits per heavy atom. The number of nitrogens with zero attached hydrogens (tertiary/aromatic N) is 4. The summed E-state index contributed by atoms with van der Waals surface area (Å²) < 4.78 is 25.1. The fourth-order valence-electron chi connectivity index (χ4n) is 4.89. The monoisotopic (exact) mass is 566 g/mol. The molecule has 2 aromatic rings. The highest BCUT2D eigenvalue weighted by Gasteiger charge is 2.50. The summed E-state index contributed by atoms with van der Waals surface area (Å²) in [6, 6.07) is 3.65. The number of hydrogen-bond donors (Lipinski definition) is 2. The minimum Gasteiger partial charge on any atom is -0.419 e. The van der Waals surface area contributed by atoms with Crippen molar-refractivity contribution >= 4 is 40.6 Å². The van der Waals surface area contributed by atoms with Gasteiger partial charge in [0.1, 0.15) is 42.0 Å². The minimum absolute atomic E-state index is 0.0252. The number of anilines is 1. The number of ether oxygens (including phenoxy) is 3. The third-order valence-corrected chi connectivity index (χ3v) is 11.4. The van der Waals surface area contributed by atoms with Gasteiger partial charge in [0.05, 0.1) is 16.5 Å². The largest absolute Gasteiger partial charge is 0.419 e. The molecule has 2 aromatic heterocycles. The average molecular weight is 567 g/mol. The van der Waals surface area contributed by atoms with E-state index in [9.17, 15) is 10.4 Å². The van der Waals surface area contributed by atoms with Crippen molar-refractivity contribution in [3.63, 3.8) is 0 Å². The van der Waals surface area contributed by atoms with E-state index in [1.807, 2.05) is 19.9 Å². The maximum Gasteiger partial charge on any atom is 0.415 e. The second-order valence-corrected chi connectivity index (χ2v) is 15.3. The number of nitrogen functional groups attached to an aromatic ring is 1. The van der Waals surface area contributed by atoms with Gasteiger partial charge >= 0.3 is 6.13 Å². The summed E-state index contributed by atoms with van der Waals surface area (Å²) in [5.74, 6) is -0.284. The molecule has 7 atom stereocenters. The molecular formula is C24H33N5O5PS2+. The van der Waals surface area contributed by atoms with Crippen LogP contribution < -0.4 is 5.73 Å². The van der Waals surface area contributed by atoms with Gasteiger partial charge in [-0.05, 0) is 65.0 Å². The lowest BCUT2D eigenvalue weighted by atomic mass is 9.77. The molecule has 1 aliphatic carbocycles. The summed E-state index contributed by atoms with van der Waals surface area (Å²) in [4.78, 5) is 4.03. The van der Waals surface area contributed by atoms with Gasteiger partial charge in [0.25, 0.3) is 6.26 Å². The lowest BCUT2D eigenvalue weighted by Crippen LogP contribution is -2.41. The molecular weight excluding hydrogens is 533 g/mol. The van der Waals surface area contributed by atoms with E-state index in [4.69, 9.17) is 36.3 Å². The lowest BCUT2D eigenvalue weighted by molar-refractivity contribution is -0.157. The molecule has 0 amide bonds. The first-order chi connectivity index (χ1) is 17.4. The summed E-state index contributed by atoms with van der Waals surface area (Å²) in [5, 5.41) is 24.6. The quantitative estimate of drug-likeness (QED) is 0.254. The molecule has 4 rings (SSSR count). The Morgan fingerprint density at radius 2 is 2.22 bits per heavy atom. The van der Waals surface area contributed by atoms with Crippen molar-refractivity contribution in [2.75, 3.05) is 12.3 Å². The van der Waals surface area contributed by atoms with Crippen molar-refractivity contribution in [2.45, 2.75) is 81.9 Å². The predicted molar refractivity (Wildman–Crippen MR) is 145 cm³/mol. The van der Waals surface area contributed by atoms with Gasteiger partial charge in [-0.25, -0.2) is 9.50 Å². The highest BCUT2D eigenvalue weighted by molar-refractivity contribution is 8.63. The number of aromatic nitrogens is 3. The SMILES string of the molecule is C=C(C)[C@H]1CC[C@@](C)(S[P+](=S)OC[C@@H](OC#N)[C@H]2OC(C)(C)O[C@H]2c2ccc3c(N)ncnn23)[C@H](O)C1. The van der Waals surface area contributed by atoms with Crippen LogP contribution in [0.15, 0.2) is 30.6 Å². The van der Waals surface area contributed by atoms with Gasteiger partial charge in [-0.2, -0.15) is 14.9 Å². The van der Waals surface area contributed by atoms with Gasteiger partial charge in [0.15, 0.2) is 17.7 Å². The third-order valence-electron chi connectivity index (χ3n) is 7.03. The van der Waals surface area contributed by atoms with Crippen molar-refractivity contribution in [2.24, 2.45) is 5.92 Å². The molecule has 37 heavy (non-hydrogen) atoms. The van der Waals surface area contributed by atoms with E-state index in [1.54, 1.807) is 30.7 Å². The number of nitriles is 1. The molecule has 13 heteroatoms. The normalized spacial score (nSPS) is 30.5. The van der Waals surface area contributed by atoms with Crippen LogP contribution in [0.2, 0.25) is 0 Å².